The summed E-state index contributed by atoms with van der Waals surface area (Å²) in [5, 5.41) is 0.628. The average molecular weight is 228 g/mol. The molecule has 4 heteroatoms. The second-order valence-electron chi connectivity index (χ2n) is 3.48. The molecule has 0 aliphatic heterocycles. The molecule has 1 aromatic carbocycles. The number of carbonyl (C=O) groups excluding carboxylic acids is 1. The van der Waals surface area contributed by atoms with E-state index in [1.165, 1.54) is 0 Å². The zero-order valence-electron chi connectivity index (χ0n) is 8.87. The quantitative estimate of drug-likeness (QED) is 0.584. The first kappa shape index (κ1) is 12.0. The molecule has 0 atom stereocenters. The smallest absolute Gasteiger partial charge is 0.312 e. The molecule has 0 unspecified atom stereocenters. The summed E-state index contributed by atoms with van der Waals surface area (Å²) in [7, 11) is 3.82. The van der Waals surface area contributed by atoms with Gasteiger partial charge in [-0.2, -0.15) is 0 Å². The van der Waals surface area contributed by atoms with Crippen LogP contribution in [0.25, 0.3) is 0 Å². The summed E-state index contributed by atoms with van der Waals surface area (Å²) in [5.74, 6) is 0.300. The molecule has 0 bridgehead atoms. The lowest BCUT2D eigenvalue weighted by Crippen LogP contribution is -2.19. The molecule has 1 rings (SSSR count). The van der Waals surface area contributed by atoms with Crippen molar-refractivity contribution in [1.29, 1.82) is 0 Å². The second-order valence-corrected chi connectivity index (χ2v) is 3.92. The lowest BCUT2D eigenvalue weighted by Gasteiger charge is -2.08. The Bertz CT molecular complexity index is 322. The first-order chi connectivity index (χ1) is 7.08. The maximum absolute atomic E-state index is 11.3. The molecule has 0 aliphatic rings. The van der Waals surface area contributed by atoms with E-state index in [2.05, 4.69) is 0 Å². The monoisotopic (exact) mass is 227 g/mol. The minimum absolute atomic E-state index is 0.231. The number of benzene rings is 1. The SMILES string of the molecule is CN(C)CCC(=O)Oc1ccc(Cl)cc1. The van der Waals surface area contributed by atoms with Crippen molar-refractivity contribution < 1.29 is 9.53 Å². The molecular weight excluding hydrogens is 214 g/mol. The van der Waals surface area contributed by atoms with Crippen LogP contribution < -0.4 is 4.74 Å². The zero-order valence-corrected chi connectivity index (χ0v) is 9.62. The summed E-state index contributed by atoms with van der Waals surface area (Å²) in [5.41, 5.74) is 0. The van der Waals surface area contributed by atoms with Crippen molar-refractivity contribution in [3.8, 4) is 5.75 Å². The van der Waals surface area contributed by atoms with E-state index >= 15 is 0 Å². The van der Waals surface area contributed by atoms with E-state index in [1.807, 2.05) is 19.0 Å². The normalized spacial score (nSPS) is 10.4. The molecule has 0 radical (unpaired) electrons. The van der Waals surface area contributed by atoms with E-state index in [0.717, 1.165) is 0 Å². The van der Waals surface area contributed by atoms with Gasteiger partial charge in [0, 0.05) is 11.6 Å². The lowest BCUT2D eigenvalue weighted by molar-refractivity contribution is -0.134. The van der Waals surface area contributed by atoms with Crippen LogP contribution in [-0.2, 0) is 4.79 Å². The van der Waals surface area contributed by atoms with Gasteiger partial charge >= 0.3 is 5.97 Å². The van der Waals surface area contributed by atoms with Crippen molar-refractivity contribution in [3.63, 3.8) is 0 Å². The van der Waals surface area contributed by atoms with E-state index in [4.69, 9.17) is 16.3 Å². The third-order valence-electron chi connectivity index (χ3n) is 1.81. The van der Waals surface area contributed by atoms with Crippen LogP contribution in [0.1, 0.15) is 6.42 Å². The van der Waals surface area contributed by atoms with Gasteiger partial charge in [-0.15, -0.1) is 0 Å². The molecule has 0 fully saturated rings. The Labute approximate surface area is 94.6 Å². The number of esters is 1. The fraction of sp³-hybridized carbons (Fsp3) is 0.364. The molecule has 0 saturated carbocycles. The highest BCUT2D eigenvalue weighted by Gasteiger charge is 2.04. The number of halogens is 1. The molecule has 0 aromatic heterocycles. The molecule has 3 nitrogen and oxygen atoms in total. The molecule has 0 N–H and O–H groups in total. The van der Waals surface area contributed by atoms with Crippen molar-refractivity contribution in [1.82, 2.24) is 4.90 Å². The summed E-state index contributed by atoms with van der Waals surface area (Å²) < 4.78 is 5.10. The van der Waals surface area contributed by atoms with Gasteiger partial charge in [-0.3, -0.25) is 4.79 Å². The Morgan fingerprint density at radius 2 is 1.93 bits per heavy atom. The van der Waals surface area contributed by atoms with Crippen LogP contribution in [0.3, 0.4) is 0 Å². The van der Waals surface area contributed by atoms with Crippen molar-refractivity contribution in [2.75, 3.05) is 20.6 Å². The van der Waals surface area contributed by atoms with Gasteiger partial charge in [0.15, 0.2) is 0 Å². The minimum atomic E-state index is -0.231. The first-order valence-corrected chi connectivity index (χ1v) is 5.06. The van der Waals surface area contributed by atoms with Crippen LogP contribution in [0.5, 0.6) is 5.75 Å². The third-order valence-corrected chi connectivity index (χ3v) is 2.06. The molecule has 1 aromatic rings. The predicted octanol–water partition coefficient (Wildman–Crippen LogP) is 2.20. The second kappa shape index (κ2) is 5.73. The highest BCUT2D eigenvalue weighted by molar-refractivity contribution is 6.30. The molecular formula is C11H14ClNO2. The topological polar surface area (TPSA) is 29.5 Å². The van der Waals surface area contributed by atoms with Gasteiger partial charge in [0.05, 0.1) is 6.42 Å². The van der Waals surface area contributed by atoms with E-state index in [1.54, 1.807) is 24.3 Å². The number of nitrogens with zero attached hydrogens (tertiary/aromatic N) is 1. The highest BCUT2D eigenvalue weighted by Crippen LogP contribution is 2.15. The number of rotatable bonds is 4. The molecule has 0 spiro atoms. The summed E-state index contributed by atoms with van der Waals surface area (Å²) in [6, 6.07) is 6.73. The van der Waals surface area contributed by atoms with E-state index < -0.39 is 0 Å². The fourth-order valence-corrected chi connectivity index (χ4v) is 1.13. The fourth-order valence-electron chi connectivity index (χ4n) is 1.00. The van der Waals surface area contributed by atoms with Gasteiger partial charge in [0.2, 0.25) is 0 Å². The number of hydrogen-bond acceptors (Lipinski definition) is 3. The summed E-state index contributed by atoms with van der Waals surface area (Å²) in [6.07, 6.45) is 0.385. The Balaban J connectivity index is 2.41. The molecule has 0 heterocycles. The average Bonchev–Trinajstić information content (AvgIpc) is 2.19. The number of carbonyl (C=O) groups is 1. The van der Waals surface area contributed by atoms with Crippen molar-refractivity contribution in [2.45, 2.75) is 6.42 Å². The maximum atomic E-state index is 11.3. The van der Waals surface area contributed by atoms with Crippen molar-refractivity contribution in [2.24, 2.45) is 0 Å². The summed E-state index contributed by atoms with van der Waals surface area (Å²) in [6.45, 7) is 0.687. The van der Waals surface area contributed by atoms with Crippen LogP contribution in [0.2, 0.25) is 5.02 Å². The maximum Gasteiger partial charge on any atom is 0.312 e. The Morgan fingerprint density at radius 1 is 1.33 bits per heavy atom. The van der Waals surface area contributed by atoms with E-state index in [-0.39, 0.29) is 5.97 Å². The third kappa shape index (κ3) is 4.81. The first-order valence-electron chi connectivity index (χ1n) is 4.69. The lowest BCUT2D eigenvalue weighted by atomic mass is 10.3. The van der Waals surface area contributed by atoms with Crippen LogP contribution >= 0.6 is 11.6 Å². The van der Waals surface area contributed by atoms with Gasteiger partial charge in [-0.05, 0) is 38.4 Å². The largest absolute Gasteiger partial charge is 0.426 e. The zero-order chi connectivity index (χ0) is 11.3. The molecule has 15 heavy (non-hydrogen) atoms. The van der Waals surface area contributed by atoms with Crippen LogP contribution in [0.15, 0.2) is 24.3 Å². The summed E-state index contributed by atoms with van der Waals surface area (Å²) >= 11 is 5.70. The highest BCUT2D eigenvalue weighted by atomic mass is 35.5. The predicted molar refractivity (Wildman–Crippen MR) is 60.3 cm³/mol. The molecule has 0 saturated heterocycles. The van der Waals surface area contributed by atoms with Crippen LogP contribution in [0.4, 0.5) is 0 Å². The molecule has 82 valence electrons. The number of ether oxygens (including phenoxy) is 1. The summed E-state index contributed by atoms with van der Waals surface area (Å²) in [4.78, 5) is 13.3. The van der Waals surface area contributed by atoms with Crippen LogP contribution in [0, 0.1) is 0 Å². The van der Waals surface area contributed by atoms with Gasteiger partial charge in [-0.1, -0.05) is 11.6 Å². The van der Waals surface area contributed by atoms with E-state index in [0.29, 0.717) is 23.7 Å². The van der Waals surface area contributed by atoms with Gasteiger partial charge < -0.3 is 9.64 Å². The molecule has 0 aliphatic carbocycles. The van der Waals surface area contributed by atoms with Gasteiger partial charge in [0.1, 0.15) is 5.75 Å². The van der Waals surface area contributed by atoms with Crippen molar-refractivity contribution in [3.05, 3.63) is 29.3 Å². The van der Waals surface area contributed by atoms with Crippen LogP contribution in [-0.4, -0.2) is 31.5 Å². The van der Waals surface area contributed by atoms with Gasteiger partial charge in [0.25, 0.3) is 0 Å². The van der Waals surface area contributed by atoms with E-state index in [9.17, 15) is 4.79 Å². The minimum Gasteiger partial charge on any atom is -0.426 e. The standard InChI is InChI=1S/C11H14ClNO2/c1-13(2)8-7-11(14)15-10-5-3-9(12)4-6-10/h3-6H,7-8H2,1-2H3. The Morgan fingerprint density at radius 3 is 2.47 bits per heavy atom. The van der Waals surface area contributed by atoms with Crippen molar-refractivity contribution >= 4 is 17.6 Å². The Hall–Kier alpha value is -1.06. The van der Waals surface area contributed by atoms with Gasteiger partial charge in [-0.25, -0.2) is 0 Å². The molecule has 0 amide bonds. The Kier molecular flexibility index (Phi) is 4.59. The number of hydrogen-bond donors (Lipinski definition) is 0.